The van der Waals surface area contributed by atoms with Crippen molar-refractivity contribution in [3.05, 3.63) is 35.4 Å². The molecule has 0 unspecified atom stereocenters. The Labute approximate surface area is 109 Å². The molecular formula is C14H14F3NO. The van der Waals surface area contributed by atoms with Crippen LogP contribution in [0, 0.1) is 5.92 Å². The molecule has 1 amide bonds. The number of carbonyl (C=O) groups is 1. The number of benzene rings is 1. The summed E-state index contributed by atoms with van der Waals surface area (Å²) in [5, 5.41) is 0. The lowest BCUT2D eigenvalue weighted by Crippen LogP contribution is -2.36. The molecule has 1 aliphatic heterocycles. The summed E-state index contributed by atoms with van der Waals surface area (Å²) in [6.45, 7) is 0.296. The lowest BCUT2D eigenvalue weighted by Gasteiger charge is -2.27. The molecule has 2 atom stereocenters. The molecule has 1 aromatic rings. The monoisotopic (exact) mass is 269 g/mol. The second-order valence-electron chi connectivity index (χ2n) is 5.33. The second kappa shape index (κ2) is 4.25. The lowest BCUT2D eigenvalue weighted by molar-refractivity contribution is -0.137. The molecule has 1 saturated carbocycles. The molecule has 1 aromatic carbocycles. The highest BCUT2D eigenvalue weighted by molar-refractivity contribution is 5.82. The van der Waals surface area contributed by atoms with Crippen LogP contribution in [0.2, 0.25) is 0 Å². The number of amides is 1. The number of likely N-dealkylation sites (tertiary alicyclic amines) is 1. The van der Waals surface area contributed by atoms with Gasteiger partial charge in [-0.15, -0.1) is 0 Å². The first-order chi connectivity index (χ1) is 8.95. The van der Waals surface area contributed by atoms with Crippen molar-refractivity contribution in [2.45, 2.75) is 38.0 Å². The molecule has 2 nitrogen and oxygen atoms in total. The maximum Gasteiger partial charge on any atom is 0.416 e. The van der Waals surface area contributed by atoms with Gasteiger partial charge in [-0.05, 0) is 37.0 Å². The van der Waals surface area contributed by atoms with Gasteiger partial charge in [-0.3, -0.25) is 4.79 Å². The van der Waals surface area contributed by atoms with Gasteiger partial charge in [-0.25, -0.2) is 0 Å². The quantitative estimate of drug-likeness (QED) is 0.807. The molecule has 1 saturated heterocycles. The van der Waals surface area contributed by atoms with Crippen LogP contribution >= 0.6 is 0 Å². The summed E-state index contributed by atoms with van der Waals surface area (Å²) in [6, 6.07) is 5.47. The Hall–Kier alpha value is -1.52. The van der Waals surface area contributed by atoms with Crippen LogP contribution in [0.3, 0.4) is 0 Å². The van der Waals surface area contributed by atoms with Crippen LogP contribution in [-0.2, 0) is 17.5 Å². The molecule has 5 heteroatoms. The minimum absolute atomic E-state index is 0.105. The van der Waals surface area contributed by atoms with E-state index < -0.39 is 11.7 Å². The van der Waals surface area contributed by atoms with Gasteiger partial charge in [0.1, 0.15) is 0 Å². The number of hydrogen-bond donors (Lipinski definition) is 0. The number of piperidine rings is 1. The van der Waals surface area contributed by atoms with Crippen LogP contribution in [0.25, 0.3) is 0 Å². The predicted molar refractivity (Wildman–Crippen MR) is 63.1 cm³/mol. The Bertz CT molecular complexity index is 512. The molecule has 1 aliphatic carbocycles. The Morgan fingerprint density at radius 3 is 2.68 bits per heavy atom. The zero-order valence-electron chi connectivity index (χ0n) is 10.3. The van der Waals surface area contributed by atoms with E-state index in [2.05, 4.69) is 0 Å². The van der Waals surface area contributed by atoms with E-state index in [9.17, 15) is 18.0 Å². The zero-order chi connectivity index (χ0) is 13.6. The summed E-state index contributed by atoms with van der Waals surface area (Å²) in [7, 11) is 0. The Balaban J connectivity index is 1.79. The fourth-order valence-corrected chi connectivity index (χ4v) is 3.13. The van der Waals surface area contributed by atoms with Gasteiger partial charge in [0, 0.05) is 18.5 Å². The van der Waals surface area contributed by atoms with E-state index in [-0.39, 0.29) is 17.9 Å². The first-order valence-electron chi connectivity index (χ1n) is 6.42. The van der Waals surface area contributed by atoms with Gasteiger partial charge in [0.2, 0.25) is 5.91 Å². The van der Waals surface area contributed by atoms with E-state index in [1.165, 1.54) is 6.07 Å². The van der Waals surface area contributed by atoms with Crippen LogP contribution in [0.4, 0.5) is 13.2 Å². The molecule has 0 spiro atoms. The van der Waals surface area contributed by atoms with Gasteiger partial charge in [-0.2, -0.15) is 13.2 Å². The van der Waals surface area contributed by atoms with E-state index in [0.29, 0.717) is 12.1 Å². The fourth-order valence-electron chi connectivity index (χ4n) is 3.13. The van der Waals surface area contributed by atoms with E-state index in [0.717, 1.165) is 31.4 Å². The van der Waals surface area contributed by atoms with Gasteiger partial charge in [0.05, 0.1) is 5.56 Å². The van der Waals surface area contributed by atoms with Crippen molar-refractivity contribution in [1.29, 1.82) is 0 Å². The highest BCUT2D eigenvalue weighted by atomic mass is 19.4. The number of carbonyl (C=O) groups excluding carboxylic acids is 1. The smallest absolute Gasteiger partial charge is 0.335 e. The second-order valence-corrected chi connectivity index (χ2v) is 5.33. The Morgan fingerprint density at radius 1 is 1.26 bits per heavy atom. The zero-order valence-corrected chi connectivity index (χ0v) is 10.3. The molecule has 3 rings (SSSR count). The summed E-state index contributed by atoms with van der Waals surface area (Å²) in [5.41, 5.74) is -0.0995. The average molecular weight is 269 g/mol. The van der Waals surface area contributed by atoms with Crippen molar-refractivity contribution in [2.75, 3.05) is 0 Å². The predicted octanol–water partition coefficient (Wildman–Crippen LogP) is 3.22. The minimum Gasteiger partial charge on any atom is -0.335 e. The summed E-state index contributed by atoms with van der Waals surface area (Å²) in [6.07, 6.45) is -1.54. The molecular weight excluding hydrogens is 255 g/mol. The Kier molecular flexibility index (Phi) is 2.80. The molecule has 2 fully saturated rings. The highest BCUT2D eigenvalue weighted by Crippen LogP contribution is 2.39. The van der Waals surface area contributed by atoms with E-state index in [1.54, 1.807) is 11.0 Å². The van der Waals surface area contributed by atoms with Crippen LogP contribution in [-0.4, -0.2) is 16.8 Å². The number of alkyl halides is 3. The van der Waals surface area contributed by atoms with Crippen molar-refractivity contribution in [3.8, 4) is 0 Å². The van der Waals surface area contributed by atoms with Crippen molar-refractivity contribution < 1.29 is 18.0 Å². The van der Waals surface area contributed by atoms with Gasteiger partial charge in [-0.1, -0.05) is 12.1 Å². The first-order valence-corrected chi connectivity index (χ1v) is 6.42. The summed E-state index contributed by atoms with van der Waals surface area (Å²) >= 11 is 0. The third-order valence-corrected chi connectivity index (χ3v) is 4.09. The molecule has 0 N–H and O–H groups in total. The van der Waals surface area contributed by atoms with Gasteiger partial charge in [0.25, 0.3) is 0 Å². The largest absolute Gasteiger partial charge is 0.416 e. The molecule has 0 radical (unpaired) electrons. The topological polar surface area (TPSA) is 20.3 Å². The van der Waals surface area contributed by atoms with Gasteiger partial charge < -0.3 is 4.90 Å². The number of hydrogen-bond acceptors (Lipinski definition) is 1. The van der Waals surface area contributed by atoms with E-state index >= 15 is 0 Å². The molecule has 2 bridgehead atoms. The van der Waals surface area contributed by atoms with Crippen molar-refractivity contribution in [1.82, 2.24) is 4.90 Å². The Morgan fingerprint density at radius 2 is 2.05 bits per heavy atom. The van der Waals surface area contributed by atoms with E-state index in [4.69, 9.17) is 0 Å². The maximum atomic E-state index is 12.6. The SMILES string of the molecule is O=C1[C@@H]2CC[C@@H](C2)N1Cc1cccc(C(F)(F)F)c1. The number of fused-ring (bicyclic) bond motifs is 2. The summed E-state index contributed by atoms with van der Waals surface area (Å²) in [4.78, 5) is 13.7. The normalized spacial score (nSPS) is 26.3. The third kappa shape index (κ3) is 2.22. The standard InChI is InChI=1S/C14H14F3NO/c15-14(16,17)11-3-1-2-9(6-11)8-18-12-5-4-10(7-12)13(18)19/h1-3,6,10,12H,4-5,7-8H2/t10-,12+/m1/s1. The maximum absolute atomic E-state index is 12.6. The average Bonchev–Trinajstić information content (AvgIpc) is 2.92. The minimum atomic E-state index is -4.33. The fraction of sp³-hybridized carbons (Fsp3) is 0.500. The van der Waals surface area contributed by atoms with Gasteiger partial charge >= 0.3 is 6.18 Å². The van der Waals surface area contributed by atoms with Crippen LogP contribution in [0.15, 0.2) is 24.3 Å². The summed E-state index contributed by atoms with van der Waals surface area (Å²) in [5.74, 6) is 0.212. The molecule has 1 heterocycles. The highest BCUT2D eigenvalue weighted by Gasteiger charge is 2.44. The lowest BCUT2D eigenvalue weighted by atomic mass is 10.1. The van der Waals surface area contributed by atoms with Crippen molar-refractivity contribution in [3.63, 3.8) is 0 Å². The summed E-state index contributed by atoms with van der Waals surface area (Å²) < 4.78 is 37.9. The van der Waals surface area contributed by atoms with Gasteiger partial charge in [0.15, 0.2) is 0 Å². The van der Waals surface area contributed by atoms with Crippen molar-refractivity contribution in [2.24, 2.45) is 5.92 Å². The van der Waals surface area contributed by atoms with Crippen LogP contribution < -0.4 is 0 Å². The molecule has 2 aliphatic rings. The molecule has 0 aromatic heterocycles. The number of rotatable bonds is 2. The van der Waals surface area contributed by atoms with Crippen LogP contribution in [0.1, 0.15) is 30.4 Å². The first kappa shape index (κ1) is 12.5. The number of nitrogens with zero attached hydrogens (tertiary/aromatic N) is 1. The third-order valence-electron chi connectivity index (χ3n) is 4.09. The molecule has 19 heavy (non-hydrogen) atoms. The number of halogens is 3. The van der Waals surface area contributed by atoms with E-state index in [1.807, 2.05) is 0 Å². The van der Waals surface area contributed by atoms with Crippen molar-refractivity contribution >= 4 is 5.91 Å². The van der Waals surface area contributed by atoms with Crippen LogP contribution in [0.5, 0.6) is 0 Å². The molecule has 102 valence electrons.